The summed E-state index contributed by atoms with van der Waals surface area (Å²) < 4.78 is 27.2. The molecule has 6 heteroatoms. The van der Waals surface area contributed by atoms with Crippen molar-refractivity contribution in [3.8, 4) is 0 Å². The summed E-state index contributed by atoms with van der Waals surface area (Å²) in [5.41, 5.74) is 0.909. The van der Waals surface area contributed by atoms with E-state index in [1.165, 1.54) is 4.31 Å². The van der Waals surface area contributed by atoms with Crippen molar-refractivity contribution in [2.45, 2.75) is 11.4 Å². The normalized spacial score (nSPS) is 11.6. The Bertz CT molecular complexity index is 575. The van der Waals surface area contributed by atoms with E-state index >= 15 is 0 Å². The van der Waals surface area contributed by atoms with Crippen LogP contribution < -0.4 is 5.32 Å². The van der Waals surface area contributed by atoms with E-state index in [1.54, 1.807) is 24.3 Å². The van der Waals surface area contributed by atoms with Gasteiger partial charge >= 0.3 is 0 Å². The molecule has 0 saturated heterocycles. The van der Waals surface area contributed by atoms with E-state index in [0.29, 0.717) is 11.0 Å². The molecule has 4 nitrogen and oxygen atoms in total. The molecular formula is C14H19BrN2O2S. The molecule has 0 aliphatic rings. The number of hydrogen-bond donors (Lipinski definition) is 1. The largest absolute Gasteiger partial charge is 0.316 e. The standard InChI is InChI=1S/C14H19BrN2O2S/c1-4-8-17(9-5-2)20(18,19)14-10-12(11-16-3)6-7-13(14)15/h4-7,10,16H,1-2,8-9,11H2,3H3. The van der Waals surface area contributed by atoms with Gasteiger partial charge in [0.1, 0.15) is 0 Å². The Hall–Kier alpha value is -0.950. The maximum Gasteiger partial charge on any atom is 0.244 e. The van der Waals surface area contributed by atoms with E-state index < -0.39 is 10.0 Å². The number of sulfonamides is 1. The van der Waals surface area contributed by atoms with Gasteiger partial charge in [0.25, 0.3) is 0 Å². The number of rotatable bonds is 8. The first-order valence-corrected chi connectivity index (χ1v) is 8.35. The van der Waals surface area contributed by atoms with Crippen LogP contribution in [-0.4, -0.2) is 32.9 Å². The Kier molecular flexibility index (Phi) is 6.61. The van der Waals surface area contributed by atoms with Crippen molar-refractivity contribution >= 4 is 26.0 Å². The zero-order valence-electron chi connectivity index (χ0n) is 11.5. The van der Waals surface area contributed by atoms with Crippen LogP contribution in [0.25, 0.3) is 0 Å². The highest BCUT2D eigenvalue weighted by Gasteiger charge is 2.25. The van der Waals surface area contributed by atoms with Gasteiger partial charge in [0.15, 0.2) is 0 Å². The molecule has 0 saturated carbocycles. The molecule has 0 aliphatic carbocycles. The van der Waals surface area contributed by atoms with Crippen molar-refractivity contribution in [3.63, 3.8) is 0 Å². The van der Waals surface area contributed by atoms with E-state index in [-0.39, 0.29) is 18.0 Å². The molecule has 0 amide bonds. The lowest BCUT2D eigenvalue weighted by atomic mass is 10.2. The first-order chi connectivity index (χ1) is 9.47. The van der Waals surface area contributed by atoms with Crippen molar-refractivity contribution in [1.82, 2.24) is 9.62 Å². The van der Waals surface area contributed by atoms with Crippen molar-refractivity contribution in [2.75, 3.05) is 20.1 Å². The average Bonchev–Trinajstić information content (AvgIpc) is 2.41. The number of hydrogen-bond acceptors (Lipinski definition) is 3. The van der Waals surface area contributed by atoms with Gasteiger partial charge in [-0.05, 0) is 40.7 Å². The van der Waals surface area contributed by atoms with Gasteiger partial charge in [0.2, 0.25) is 10.0 Å². The highest BCUT2D eigenvalue weighted by atomic mass is 79.9. The first kappa shape index (κ1) is 17.1. The first-order valence-electron chi connectivity index (χ1n) is 6.12. The second-order valence-electron chi connectivity index (χ2n) is 4.19. The fraction of sp³-hybridized carbons (Fsp3) is 0.286. The lowest BCUT2D eigenvalue weighted by molar-refractivity contribution is 0.473. The van der Waals surface area contributed by atoms with E-state index in [4.69, 9.17) is 0 Å². The molecule has 1 aromatic rings. The molecule has 1 N–H and O–H groups in total. The SMILES string of the molecule is C=CCN(CC=C)S(=O)(=O)c1cc(CNC)ccc1Br. The molecule has 0 bridgehead atoms. The minimum Gasteiger partial charge on any atom is -0.316 e. The molecule has 0 aliphatic heterocycles. The minimum absolute atomic E-state index is 0.247. The maximum atomic E-state index is 12.7. The monoisotopic (exact) mass is 358 g/mol. The molecule has 0 heterocycles. The summed E-state index contributed by atoms with van der Waals surface area (Å²) in [6.45, 7) is 8.30. The van der Waals surface area contributed by atoms with Crippen LogP contribution in [0.2, 0.25) is 0 Å². The third kappa shape index (κ3) is 4.02. The summed E-state index contributed by atoms with van der Waals surface area (Å²) in [6.07, 6.45) is 3.12. The summed E-state index contributed by atoms with van der Waals surface area (Å²) in [4.78, 5) is 0.258. The van der Waals surface area contributed by atoms with Crippen molar-refractivity contribution in [3.05, 3.63) is 53.5 Å². The summed E-state index contributed by atoms with van der Waals surface area (Å²) in [7, 11) is -1.76. The van der Waals surface area contributed by atoms with E-state index in [1.807, 2.05) is 13.1 Å². The quantitative estimate of drug-likeness (QED) is 0.726. The lowest BCUT2D eigenvalue weighted by Crippen LogP contribution is -2.31. The van der Waals surface area contributed by atoms with E-state index in [2.05, 4.69) is 34.4 Å². The molecule has 0 fully saturated rings. The van der Waals surface area contributed by atoms with Gasteiger partial charge in [-0.3, -0.25) is 0 Å². The molecule has 20 heavy (non-hydrogen) atoms. The van der Waals surface area contributed by atoms with Crippen molar-refractivity contribution in [2.24, 2.45) is 0 Å². The number of nitrogens with one attached hydrogen (secondary N) is 1. The fourth-order valence-electron chi connectivity index (χ4n) is 1.76. The summed E-state index contributed by atoms with van der Waals surface area (Å²) in [5.74, 6) is 0. The number of benzene rings is 1. The van der Waals surface area contributed by atoms with Gasteiger partial charge in [0, 0.05) is 24.1 Å². The van der Waals surface area contributed by atoms with Crippen LogP contribution in [0, 0.1) is 0 Å². The van der Waals surface area contributed by atoms with Crippen LogP contribution >= 0.6 is 15.9 Å². The van der Waals surface area contributed by atoms with E-state index in [0.717, 1.165) is 5.56 Å². The highest BCUT2D eigenvalue weighted by Crippen LogP contribution is 2.26. The van der Waals surface area contributed by atoms with Gasteiger partial charge in [0.05, 0.1) is 4.90 Å². The minimum atomic E-state index is -3.58. The third-order valence-corrected chi connectivity index (χ3v) is 5.49. The maximum absolute atomic E-state index is 12.7. The Labute approximate surface area is 129 Å². The van der Waals surface area contributed by atoms with Gasteiger partial charge < -0.3 is 5.32 Å². The number of nitrogens with zero attached hydrogens (tertiary/aromatic N) is 1. The second kappa shape index (κ2) is 7.73. The van der Waals surface area contributed by atoms with Gasteiger partial charge in [-0.1, -0.05) is 18.2 Å². The molecule has 0 atom stereocenters. The molecule has 0 aromatic heterocycles. The topological polar surface area (TPSA) is 49.4 Å². The molecular weight excluding hydrogens is 340 g/mol. The van der Waals surface area contributed by atoms with Crippen LogP contribution in [0.15, 0.2) is 52.9 Å². The average molecular weight is 359 g/mol. The summed E-state index contributed by atoms with van der Waals surface area (Å²) >= 11 is 3.31. The van der Waals surface area contributed by atoms with Crippen LogP contribution in [0.1, 0.15) is 5.56 Å². The van der Waals surface area contributed by atoms with Crippen LogP contribution in [0.4, 0.5) is 0 Å². The van der Waals surface area contributed by atoms with Crippen LogP contribution in [0.5, 0.6) is 0 Å². The van der Waals surface area contributed by atoms with Gasteiger partial charge in [-0.15, -0.1) is 13.2 Å². The van der Waals surface area contributed by atoms with Crippen molar-refractivity contribution < 1.29 is 8.42 Å². The highest BCUT2D eigenvalue weighted by molar-refractivity contribution is 9.10. The molecule has 1 rings (SSSR count). The van der Waals surface area contributed by atoms with Gasteiger partial charge in [-0.25, -0.2) is 8.42 Å². The van der Waals surface area contributed by atoms with Crippen LogP contribution in [-0.2, 0) is 16.6 Å². The fourth-order valence-corrected chi connectivity index (χ4v) is 4.11. The zero-order valence-corrected chi connectivity index (χ0v) is 13.9. The molecule has 0 unspecified atom stereocenters. The third-order valence-electron chi connectivity index (χ3n) is 2.66. The Balaban J connectivity index is 3.27. The Morgan fingerprint density at radius 1 is 1.30 bits per heavy atom. The van der Waals surface area contributed by atoms with E-state index in [9.17, 15) is 8.42 Å². The lowest BCUT2D eigenvalue weighted by Gasteiger charge is -2.20. The summed E-state index contributed by atoms with van der Waals surface area (Å²) in [5, 5.41) is 3.01. The number of halogens is 1. The van der Waals surface area contributed by atoms with Gasteiger partial charge in [-0.2, -0.15) is 4.31 Å². The Morgan fingerprint density at radius 3 is 2.40 bits per heavy atom. The molecule has 0 spiro atoms. The molecule has 1 aromatic carbocycles. The molecule has 110 valence electrons. The Morgan fingerprint density at radius 2 is 1.90 bits per heavy atom. The van der Waals surface area contributed by atoms with Crippen molar-refractivity contribution in [1.29, 1.82) is 0 Å². The predicted molar refractivity (Wildman–Crippen MR) is 86.1 cm³/mol. The second-order valence-corrected chi connectivity index (χ2v) is 6.96. The predicted octanol–water partition coefficient (Wildman–Crippen LogP) is 2.53. The molecule has 0 radical (unpaired) electrons. The smallest absolute Gasteiger partial charge is 0.244 e. The van der Waals surface area contributed by atoms with Crippen LogP contribution in [0.3, 0.4) is 0 Å². The summed E-state index contributed by atoms with van der Waals surface area (Å²) in [6, 6.07) is 5.31. The zero-order chi connectivity index (χ0) is 15.2.